The van der Waals surface area contributed by atoms with Crippen LogP contribution in [0.4, 0.5) is 4.39 Å². The molecule has 0 aliphatic carbocycles. The number of benzene rings is 1. The van der Waals surface area contributed by atoms with Crippen LogP contribution in [0.3, 0.4) is 0 Å². The van der Waals surface area contributed by atoms with Gasteiger partial charge in [0, 0.05) is 16.0 Å². The second kappa shape index (κ2) is 6.82. The first-order valence-corrected chi connectivity index (χ1v) is 7.77. The molecule has 2 heterocycles. The van der Waals surface area contributed by atoms with E-state index in [0.29, 0.717) is 16.4 Å². The maximum Gasteiger partial charge on any atom is 0.136 e. The summed E-state index contributed by atoms with van der Waals surface area (Å²) in [5, 5.41) is 3.58. The molecule has 22 heavy (non-hydrogen) atoms. The van der Waals surface area contributed by atoms with Crippen molar-refractivity contribution in [2.24, 2.45) is 4.99 Å². The molecule has 1 aliphatic heterocycles. The summed E-state index contributed by atoms with van der Waals surface area (Å²) >= 11 is 8.01. The minimum atomic E-state index is -0.299. The highest BCUT2D eigenvalue weighted by molar-refractivity contribution is 7.12. The third-order valence-electron chi connectivity index (χ3n) is 3.37. The molecular formula is C16H15Cl2FN2S. The Balaban J connectivity index is 0.00000176. The number of hydrogen-bond donors (Lipinski definition) is 1. The molecule has 6 heteroatoms. The van der Waals surface area contributed by atoms with Crippen LogP contribution in [0.2, 0.25) is 0 Å². The van der Waals surface area contributed by atoms with Gasteiger partial charge in [0.1, 0.15) is 17.7 Å². The van der Waals surface area contributed by atoms with E-state index in [1.165, 1.54) is 15.8 Å². The van der Waals surface area contributed by atoms with Gasteiger partial charge in [-0.2, -0.15) is 0 Å². The second-order valence-corrected chi connectivity index (χ2v) is 6.80. The molecule has 0 amide bonds. The van der Waals surface area contributed by atoms with Gasteiger partial charge in [-0.25, -0.2) is 4.39 Å². The van der Waals surface area contributed by atoms with E-state index in [9.17, 15) is 4.39 Å². The lowest BCUT2D eigenvalue weighted by Crippen LogP contribution is -2.25. The molecule has 1 atom stereocenters. The third-order valence-corrected chi connectivity index (χ3v) is 4.67. The Kier molecular flexibility index (Phi) is 5.27. The molecule has 1 aliphatic rings. The van der Waals surface area contributed by atoms with E-state index in [0.717, 1.165) is 5.56 Å². The number of aryl methyl sites for hydroxylation is 2. The zero-order valence-electron chi connectivity index (χ0n) is 12.1. The Morgan fingerprint density at radius 2 is 2.00 bits per heavy atom. The lowest BCUT2D eigenvalue weighted by atomic mass is 10.1. The van der Waals surface area contributed by atoms with Gasteiger partial charge in [0.2, 0.25) is 0 Å². The van der Waals surface area contributed by atoms with E-state index in [1.807, 2.05) is 0 Å². The van der Waals surface area contributed by atoms with Crippen LogP contribution in [0.1, 0.15) is 26.9 Å². The predicted octanol–water partition coefficient (Wildman–Crippen LogP) is 5.10. The number of nitrogens with zero attached hydrogens (tertiary/aromatic N) is 1. The highest BCUT2D eigenvalue weighted by Crippen LogP contribution is 2.36. The maximum atomic E-state index is 13.9. The largest absolute Gasteiger partial charge is 0.345 e. The van der Waals surface area contributed by atoms with Gasteiger partial charge >= 0.3 is 0 Å². The quantitative estimate of drug-likeness (QED) is 0.795. The zero-order chi connectivity index (χ0) is 15.0. The van der Waals surface area contributed by atoms with Crippen molar-refractivity contribution in [3.05, 3.63) is 68.3 Å². The fourth-order valence-electron chi connectivity index (χ4n) is 2.38. The second-order valence-electron chi connectivity index (χ2n) is 4.90. The van der Waals surface area contributed by atoms with E-state index in [1.54, 1.807) is 35.7 Å². The molecular weight excluding hydrogens is 342 g/mol. The summed E-state index contributed by atoms with van der Waals surface area (Å²) in [4.78, 5) is 7.01. The number of amidine groups is 1. The lowest BCUT2D eigenvalue weighted by molar-refractivity contribution is 0.624. The minimum absolute atomic E-state index is 0. The highest BCUT2D eigenvalue weighted by Gasteiger charge is 2.23. The van der Waals surface area contributed by atoms with Crippen molar-refractivity contribution in [1.82, 2.24) is 5.32 Å². The van der Waals surface area contributed by atoms with Crippen LogP contribution in [0.25, 0.3) is 0 Å². The van der Waals surface area contributed by atoms with E-state index in [-0.39, 0.29) is 24.3 Å². The van der Waals surface area contributed by atoms with Crippen LogP contribution >= 0.6 is 35.3 Å². The fourth-order valence-corrected chi connectivity index (χ4v) is 3.56. The molecule has 0 spiro atoms. The minimum Gasteiger partial charge on any atom is -0.345 e. The Hall–Kier alpha value is -1.36. The van der Waals surface area contributed by atoms with Crippen LogP contribution in [0.15, 0.2) is 46.6 Å². The Labute approximate surface area is 144 Å². The summed E-state index contributed by atoms with van der Waals surface area (Å²) < 4.78 is 13.9. The summed E-state index contributed by atoms with van der Waals surface area (Å²) in [6, 6.07) is 8.40. The maximum absolute atomic E-state index is 13.9. The van der Waals surface area contributed by atoms with Crippen LogP contribution in [0, 0.1) is 19.7 Å². The topological polar surface area (TPSA) is 24.4 Å². The van der Waals surface area contributed by atoms with Gasteiger partial charge in [0.05, 0.1) is 10.6 Å². The average Bonchev–Trinajstić information content (AvgIpc) is 2.79. The summed E-state index contributed by atoms with van der Waals surface area (Å²) in [6.45, 7) is 4.11. The normalized spacial score (nSPS) is 17.2. The summed E-state index contributed by atoms with van der Waals surface area (Å²) in [5.41, 5.74) is 1.53. The monoisotopic (exact) mass is 356 g/mol. The number of aliphatic imine (C=N–C) groups is 1. The Morgan fingerprint density at radius 1 is 1.27 bits per heavy atom. The van der Waals surface area contributed by atoms with Crippen molar-refractivity contribution in [3.63, 3.8) is 0 Å². The number of rotatable bonds is 2. The molecule has 2 aromatic rings. The highest BCUT2D eigenvalue weighted by atomic mass is 35.5. The number of nitrogens with one attached hydrogen (secondary N) is 1. The molecule has 0 saturated heterocycles. The SMILES string of the molecule is Cc1cc(C2N=C(c3ccccc3F)NC=C2Cl)c(C)s1.Cl. The van der Waals surface area contributed by atoms with E-state index < -0.39 is 0 Å². The van der Waals surface area contributed by atoms with E-state index in [4.69, 9.17) is 11.6 Å². The van der Waals surface area contributed by atoms with Crippen LogP contribution in [0.5, 0.6) is 0 Å². The van der Waals surface area contributed by atoms with Gasteiger partial charge in [-0.1, -0.05) is 23.7 Å². The van der Waals surface area contributed by atoms with Gasteiger partial charge in [-0.15, -0.1) is 23.7 Å². The third kappa shape index (κ3) is 3.19. The molecule has 116 valence electrons. The fraction of sp³-hybridized carbons (Fsp3) is 0.188. The summed E-state index contributed by atoms with van der Waals surface area (Å²) in [7, 11) is 0. The van der Waals surface area contributed by atoms with Crippen LogP contribution in [-0.4, -0.2) is 5.84 Å². The molecule has 1 aromatic heterocycles. The van der Waals surface area contributed by atoms with E-state index >= 15 is 0 Å². The van der Waals surface area contributed by atoms with Crippen molar-refractivity contribution < 1.29 is 4.39 Å². The standard InChI is InChI=1S/C16H14ClFN2S.ClH/c1-9-7-12(10(2)21-9)15-13(17)8-19-16(20-15)11-5-3-4-6-14(11)18;/h3-8,15H,1-2H3,(H,19,20);1H. The predicted molar refractivity (Wildman–Crippen MR) is 93.8 cm³/mol. The zero-order valence-corrected chi connectivity index (χ0v) is 14.5. The van der Waals surface area contributed by atoms with Crippen molar-refractivity contribution in [1.29, 1.82) is 0 Å². The van der Waals surface area contributed by atoms with Crippen molar-refractivity contribution >= 4 is 41.2 Å². The molecule has 3 rings (SSSR count). The van der Waals surface area contributed by atoms with Crippen LogP contribution in [-0.2, 0) is 0 Å². The van der Waals surface area contributed by atoms with Crippen molar-refractivity contribution in [2.75, 3.05) is 0 Å². The average molecular weight is 357 g/mol. The van der Waals surface area contributed by atoms with Crippen molar-refractivity contribution in [2.45, 2.75) is 19.9 Å². The first kappa shape index (κ1) is 17.0. The van der Waals surface area contributed by atoms with Gasteiger partial charge in [0.25, 0.3) is 0 Å². The van der Waals surface area contributed by atoms with Gasteiger partial charge in [0.15, 0.2) is 0 Å². The number of hydrogen-bond acceptors (Lipinski definition) is 3. The van der Waals surface area contributed by atoms with Crippen molar-refractivity contribution in [3.8, 4) is 0 Å². The lowest BCUT2D eigenvalue weighted by Gasteiger charge is -2.20. The molecule has 2 nitrogen and oxygen atoms in total. The molecule has 1 N–H and O–H groups in total. The molecule has 0 bridgehead atoms. The van der Waals surface area contributed by atoms with Crippen LogP contribution < -0.4 is 5.32 Å². The summed E-state index contributed by atoms with van der Waals surface area (Å²) in [6.07, 6.45) is 1.69. The van der Waals surface area contributed by atoms with E-state index in [2.05, 4.69) is 30.2 Å². The molecule has 0 saturated carbocycles. The summed E-state index contributed by atoms with van der Waals surface area (Å²) in [5.74, 6) is 0.206. The smallest absolute Gasteiger partial charge is 0.136 e. The first-order valence-electron chi connectivity index (χ1n) is 6.58. The Bertz CT molecular complexity index is 752. The molecule has 1 aromatic carbocycles. The molecule has 1 unspecified atom stereocenters. The molecule has 0 radical (unpaired) electrons. The number of halogens is 3. The van der Waals surface area contributed by atoms with Gasteiger partial charge in [-0.05, 0) is 37.6 Å². The van der Waals surface area contributed by atoms with Gasteiger partial charge < -0.3 is 5.32 Å². The van der Waals surface area contributed by atoms with Gasteiger partial charge in [-0.3, -0.25) is 4.99 Å². The number of thiophene rings is 1. The molecule has 0 fully saturated rings. The first-order chi connectivity index (χ1) is 10.1. The Morgan fingerprint density at radius 3 is 2.64 bits per heavy atom.